The van der Waals surface area contributed by atoms with E-state index in [0.29, 0.717) is 6.61 Å². The zero-order chi connectivity index (χ0) is 14.5. The van der Waals surface area contributed by atoms with Gasteiger partial charge in [0.25, 0.3) is 0 Å². The molecule has 0 saturated carbocycles. The van der Waals surface area contributed by atoms with Crippen LogP contribution in [0.2, 0.25) is 0 Å². The molecule has 0 aliphatic rings. The summed E-state index contributed by atoms with van der Waals surface area (Å²) in [6.45, 7) is 6.26. The molecule has 0 unspecified atom stereocenters. The average Bonchev–Trinajstić information content (AvgIpc) is 2.85. The molecular formula is C16H19NO3. The van der Waals surface area contributed by atoms with Crippen molar-refractivity contribution in [2.75, 3.05) is 18.5 Å². The zero-order valence-corrected chi connectivity index (χ0v) is 12.0. The van der Waals surface area contributed by atoms with E-state index in [1.54, 1.807) is 6.92 Å². The summed E-state index contributed by atoms with van der Waals surface area (Å²) in [6, 6.07) is 9.85. The van der Waals surface area contributed by atoms with Gasteiger partial charge in [-0.2, -0.15) is 0 Å². The lowest BCUT2D eigenvalue weighted by Gasteiger charge is -2.10. The number of furan rings is 1. The molecule has 1 heterocycles. The lowest BCUT2D eigenvalue weighted by atomic mass is 10.1. The summed E-state index contributed by atoms with van der Waals surface area (Å²) in [5.74, 6) is 1.44. The van der Waals surface area contributed by atoms with Crippen molar-refractivity contribution in [1.29, 1.82) is 0 Å². The largest absolute Gasteiger partial charge is 0.465 e. The molecule has 106 valence electrons. The molecule has 20 heavy (non-hydrogen) atoms. The molecule has 4 nitrogen and oxygen atoms in total. The Morgan fingerprint density at radius 3 is 2.70 bits per heavy atom. The monoisotopic (exact) mass is 273 g/mol. The van der Waals surface area contributed by atoms with Gasteiger partial charge in [0.15, 0.2) is 0 Å². The molecule has 0 fully saturated rings. The highest BCUT2D eigenvalue weighted by atomic mass is 16.5. The van der Waals surface area contributed by atoms with Crippen molar-refractivity contribution >= 4 is 11.7 Å². The van der Waals surface area contributed by atoms with Gasteiger partial charge >= 0.3 is 5.97 Å². The summed E-state index contributed by atoms with van der Waals surface area (Å²) in [5.41, 5.74) is 2.96. The molecule has 0 radical (unpaired) electrons. The maximum atomic E-state index is 11.4. The Morgan fingerprint density at radius 1 is 1.25 bits per heavy atom. The smallest absolute Gasteiger partial charge is 0.325 e. The second-order valence-corrected chi connectivity index (χ2v) is 4.60. The summed E-state index contributed by atoms with van der Waals surface area (Å²) < 4.78 is 10.5. The Morgan fingerprint density at radius 2 is 2.05 bits per heavy atom. The van der Waals surface area contributed by atoms with Crippen molar-refractivity contribution in [2.24, 2.45) is 0 Å². The van der Waals surface area contributed by atoms with Crippen LogP contribution in [0.15, 0.2) is 34.7 Å². The first-order valence-corrected chi connectivity index (χ1v) is 6.67. The lowest BCUT2D eigenvalue weighted by molar-refractivity contribution is -0.140. The summed E-state index contributed by atoms with van der Waals surface area (Å²) in [4.78, 5) is 11.4. The molecule has 4 heteroatoms. The van der Waals surface area contributed by atoms with Crippen molar-refractivity contribution in [3.05, 3.63) is 41.7 Å². The number of nitrogens with one attached hydrogen (secondary N) is 1. The SMILES string of the molecule is CCOC(=O)CNc1cc(-c2ccc(C)o2)ccc1C. The predicted molar refractivity (Wildman–Crippen MR) is 78.7 cm³/mol. The van der Waals surface area contributed by atoms with Crippen LogP contribution >= 0.6 is 0 Å². The quantitative estimate of drug-likeness (QED) is 0.847. The highest BCUT2D eigenvalue weighted by molar-refractivity contribution is 5.76. The third-order valence-electron chi connectivity index (χ3n) is 2.99. The predicted octanol–water partition coefficient (Wildman–Crippen LogP) is 3.54. The number of rotatable bonds is 5. The van der Waals surface area contributed by atoms with Crippen LogP contribution in [0.3, 0.4) is 0 Å². The Hall–Kier alpha value is -2.23. The van der Waals surface area contributed by atoms with E-state index in [-0.39, 0.29) is 12.5 Å². The fourth-order valence-corrected chi connectivity index (χ4v) is 1.93. The second kappa shape index (κ2) is 6.28. The lowest BCUT2D eigenvalue weighted by Crippen LogP contribution is -2.17. The number of hydrogen-bond donors (Lipinski definition) is 1. The number of anilines is 1. The van der Waals surface area contributed by atoms with Crippen LogP contribution in [-0.2, 0) is 9.53 Å². The van der Waals surface area contributed by atoms with Gasteiger partial charge in [-0.15, -0.1) is 0 Å². The van der Waals surface area contributed by atoms with Crippen molar-refractivity contribution in [3.63, 3.8) is 0 Å². The summed E-state index contributed by atoms with van der Waals surface area (Å²) >= 11 is 0. The molecule has 0 saturated heterocycles. The minimum Gasteiger partial charge on any atom is -0.465 e. The molecule has 0 atom stereocenters. The summed E-state index contributed by atoms with van der Waals surface area (Å²) in [7, 11) is 0. The molecule has 0 bridgehead atoms. The maximum Gasteiger partial charge on any atom is 0.325 e. The molecule has 1 aromatic carbocycles. The van der Waals surface area contributed by atoms with Crippen molar-refractivity contribution in [2.45, 2.75) is 20.8 Å². The first kappa shape index (κ1) is 14.2. The Labute approximate surface area is 118 Å². The van der Waals surface area contributed by atoms with Gasteiger partial charge in [-0.1, -0.05) is 12.1 Å². The van der Waals surface area contributed by atoms with Gasteiger partial charge in [-0.25, -0.2) is 0 Å². The van der Waals surface area contributed by atoms with Gasteiger partial charge in [-0.3, -0.25) is 4.79 Å². The van der Waals surface area contributed by atoms with Gasteiger partial charge in [-0.05, 0) is 44.5 Å². The standard InChI is InChI=1S/C16H19NO3/c1-4-19-16(18)10-17-14-9-13(7-5-11(14)2)15-8-6-12(3)20-15/h5-9,17H,4,10H2,1-3H3. The third-order valence-corrected chi connectivity index (χ3v) is 2.99. The van der Waals surface area contributed by atoms with E-state index in [1.807, 2.05) is 44.2 Å². The minimum atomic E-state index is -0.258. The second-order valence-electron chi connectivity index (χ2n) is 4.60. The Balaban J connectivity index is 2.14. The van der Waals surface area contributed by atoms with Crippen LogP contribution in [0.4, 0.5) is 5.69 Å². The molecule has 1 aromatic heterocycles. The van der Waals surface area contributed by atoms with Crippen LogP contribution in [-0.4, -0.2) is 19.1 Å². The van der Waals surface area contributed by atoms with Gasteiger partial charge in [0, 0.05) is 11.3 Å². The van der Waals surface area contributed by atoms with Crippen molar-refractivity contribution in [3.8, 4) is 11.3 Å². The fourth-order valence-electron chi connectivity index (χ4n) is 1.93. The normalized spacial score (nSPS) is 10.3. The van der Waals surface area contributed by atoms with Crippen LogP contribution in [0.1, 0.15) is 18.2 Å². The van der Waals surface area contributed by atoms with E-state index < -0.39 is 0 Å². The van der Waals surface area contributed by atoms with Gasteiger partial charge < -0.3 is 14.5 Å². The number of aryl methyl sites for hydroxylation is 2. The number of benzene rings is 1. The molecule has 1 N–H and O–H groups in total. The van der Waals surface area contributed by atoms with Gasteiger partial charge in [0.2, 0.25) is 0 Å². The van der Waals surface area contributed by atoms with Crippen LogP contribution in [0.5, 0.6) is 0 Å². The highest BCUT2D eigenvalue weighted by Crippen LogP contribution is 2.26. The van der Waals surface area contributed by atoms with Gasteiger partial charge in [0.1, 0.15) is 18.1 Å². The molecular weight excluding hydrogens is 254 g/mol. The van der Waals surface area contributed by atoms with Gasteiger partial charge in [0.05, 0.1) is 6.61 Å². The van der Waals surface area contributed by atoms with E-state index >= 15 is 0 Å². The molecule has 2 rings (SSSR count). The summed E-state index contributed by atoms with van der Waals surface area (Å²) in [5, 5.41) is 3.10. The van der Waals surface area contributed by atoms with Crippen molar-refractivity contribution in [1.82, 2.24) is 0 Å². The number of hydrogen-bond acceptors (Lipinski definition) is 4. The topological polar surface area (TPSA) is 51.5 Å². The molecule has 2 aromatic rings. The number of carbonyl (C=O) groups is 1. The highest BCUT2D eigenvalue weighted by Gasteiger charge is 2.07. The molecule has 0 aliphatic heterocycles. The van der Waals surface area contributed by atoms with Crippen LogP contribution in [0.25, 0.3) is 11.3 Å². The van der Waals surface area contributed by atoms with Crippen LogP contribution < -0.4 is 5.32 Å². The van der Waals surface area contributed by atoms with E-state index in [4.69, 9.17) is 9.15 Å². The van der Waals surface area contributed by atoms with E-state index in [0.717, 1.165) is 28.3 Å². The third kappa shape index (κ3) is 3.41. The molecule has 0 amide bonds. The van der Waals surface area contributed by atoms with E-state index in [2.05, 4.69) is 5.32 Å². The van der Waals surface area contributed by atoms with Crippen molar-refractivity contribution < 1.29 is 13.9 Å². The zero-order valence-electron chi connectivity index (χ0n) is 12.0. The first-order valence-electron chi connectivity index (χ1n) is 6.67. The molecule has 0 aliphatic carbocycles. The molecule has 0 spiro atoms. The summed E-state index contributed by atoms with van der Waals surface area (Å²) in [6.07, 6.45) is 0. The first-order chi connectivity index (χ1) is 9.60. The Bertz CT molecular complexity index is 602. The van der Waals surface area contributed by atoms with Crippen LogP contribution in [0, 0.1) is 13.8 Å². The number of esters is 1. The number of carbonyl (C=O) groups excluding carboxylic acids is 1. The van der Waals surface area contributed by atoms with E-state index in [1.165, 1.54) is 0 Å². The van der Waals surface area contributed by atoms with E-state index in [9.17, 15) is 4.79 Å². The maximum absolute atomic E-state index is 11.4. The minimum absolute atomic E-state index is 0.162. The average molecular weight is 273 g/mol. The number of ether oxygens (including phenoxy) is 1. The Kier molecular flexibility index (Phi) is 4.45. The fraction of sp³-hybridized carbons (Fsp3) is 0.312.